The largest absolute Gasteiger partial charge is 0.458 e. The van der Waals surface area contributed by atoms with Crippen LogP contribution in [0.4, 0.5) is 4.79 Å². The van der Waals surface area contributed by atoms with Crippen LogP contribution in [-0.4, -0.2) is 47.2 Å². The third-order valence-electron chi connectivity index (χ3n) is 6.41. The molecule has 0 aliphatic heterocycles. The average molecular weight is 487 g/mol. The number of benzene rings is 2. The quantitative estimate of drug-likeness (QED) is 0.388. The summed E-state index contributed by atoms with van der Waals surface area (Å²) in [6.45, 7) is 7.63. The van der Waals surface area contributed by atoms with Gasteiger partial charge in [0, 0.05) is 25.4 Å². The number of pyridine rings is 1. The van der Waals surface area contributed by atoms with Crippen LogP contribution in [0.1, 0.15) is 55.4 Å². The van der Waals surface area contributed by atoms with Crippen LogP contribution >= 0.6 is 0 Å². The summed E-state index contributed by atoms with van der Waals surface area (Å²) in [5, 5.41) is 0. The molecule has 1 aromatic heterocycles. The highest BCUT2D eigenvalue weighted by molar-refractivity contribution is 5.82. The van der Waals surface area contributed by atoms with Crippen LogP contribution in [0, 0.1) is 6.92 Å². The van der Waals surface area contributed by atoms with Gasteiger partial charge in [-0.3, -0.25) is 9.88 Å². The number of ether oxygens (including phenoxy) is 2. The van der Waals surface area contributed by atoms with Gasteiger partial charge < -0.3 is 9.47 Å². The van der Waals surface area contributed by atoms with E-state index in [1.54, 1.807) is 19.4 Å². The maximum Gasteiger partial charge on any atom is 0.410 e. The summed E-state index contributed by atoms with van der Waals surface area (Å²) in [6.07, 6.45) is 4.01. The van der Waals surface area contributed by atoms with E-state index in [2.05, 4.69) is 29.2 Å². The van der Waals surface area contributed by atoms with Crippen molar-refractivity contribution in [2.75, 3.05) is 13.7 Å². The molecule has 1 aliphatic rings. The van der Waals surface area contributed by atoms with Crippen molar-refractivity contribution in [1.82, 2.24) is 9.88 Å². The zero-order valence-corrected chi connectivity index (χ0v) is 21.7. The molecule has 6 nitrogen and oxygen atoms in total. The third-order valence-corrected chi connectivity index (χ3v) is 6.41. The Kier molecular flexibility index (Phi) is 7.43. The molecule has 188 valence electrons. The fraction of sp³-hybridized carbons (Fsp3) is 0.367. The number of carbonyl (C=O) groups excluding carboxylic acids is 2. The Morgan fingerprint density at radius 3 is 2.19 bits per heavy atom. The molecule has 2 aromatic carbocycles. The number of esters is 1. The number of fused-ring (bicyclic) bond motifs is 3. The summed E-state index contributed by atoms with van der Waals surface area (Å²) in [4.78, 5) is 31.9. The molecule has 0 fully saturated rings. The minimum absolute atomic E-state index is 0.0481. The topological polar surface area (TPSA) is 68.7 Å². The molecule has 1 unspecified atom stereocenters. The number of hydrogen-bond donors (Lipinski definition) is 0. The van der Waals surface area contributed by atoms with E-state index in [4.69, 9.17) is 9.47 Å². The SMILES string of the molecule is Cc1cncc(CCC(C(=O)OC(C)(C)C)N(C)C(=O)OCC2c3ccccc3-c3ccccc32)c1. The molecule has 0 saturated carbocycles. The number of aromatic nitrogens is 1. The van der Waals surface area contributed by atoms with Gasteiger partial charge in [0.2, 0.25) is 0 Å². The van der Waals surface area contributed by atoms with Crippen molar-refractivity contribution in [3.8, 4) is 11.1 Å². The minimum atomic E-state index is -0.777. The second-order valence-corrected chi connectivity index (χ2v) is 10.4. The van der Waals surface area contributed by atoms with E-state index in [1.807, 2.05) is 58.0 Å². The van der Waals surface area contributed by atoms with Crippen molar-refractivity contribution in [1.29, 1.82) is 0 Å². The van der Waals surface area contributed by atoms with Crippen LogP contribution in [-0.2, 0) is 20.7 Å². The second-order valence-electron chi connectivity index (χ2n) is 10.4. The van der Waals surface area contributed by atoms with Gasteiger partial charge in [-0.15, -0.1) is 0 Å². The van der Waals surface area contributed by atoms with Crippen molar-refractivity contribution in [3.05, 3.63) is 89.2 Å². The first kappa shape index (κ1) is 25.4. The Bertz CT molecular complexity index is 1200. The molecule has 3 aromatic rings. The molecular weight excluding hydrogens is 452 g/mol. The molecule has 0 saturated heterocycles. The molecule has 0 bridgehead atoms. The highest BCUT2D eigenvalue weighted by atomic mass is 16.6. The van der Waals surface area contributed by atoms with E-state index in [0.717, 1.165) is 22.3 Å². The van der Waals surface area contributed by atoms with Crippen molar-refractivity contribution >= 4 is 12.1 Å². The van der Waals surface area contributed by atoms with Crippen molar-refractivity contribution < 1.29 is 19.1 Å². The van der Waals surface area contributed by atoms with Gasteiger partial charge in [-0.1, -0.05) is 54.6 Å². The summed E-state index contributed by atoms with van der Waals surface area (Å²) in [5.41, 5.74) is 6.01. The van der Waals surface area contributed by atoms with Gasteiger partial charge in [0.1, 0.15) is 18.2 Å². The molecule has 36 heavy (non-hydrogen) atoms. The number of nitrogens with zero attached hydrogens (tertiary/aromatic N) is 2. The molecule has 1 heterocycles. The molecule has 1 aliphatic carbocycles. The Morgan fingerprint density at radius 1 is 1.00 bits per heavy atom. The van der Waals surface area contributed by atoms with Crippen LogP contribution < -0.4 is 0 Å². The van der Waals surface area contributed by atoms with Gasteiger partial charge in [-0.25, -0.2) is 9.59 Å². The van der Waals surface area contributed by atoms with Crippen LogP contribution in [0.15, 0.2) is 67.0 Å². The average Bonchev–Trinajstić information content (AvgIpc) is 3.15. The van der Waals surface area contributed by atoms with Gasteiger partial charge in [-0.05, 0) is 73.9 Å². The fourth-order valence-corrected chi connectivity index (χ4v) is 4.72. The lowest BCUT2D eigenvalue weighted by Gasteiger charge is -2.30. The number of amides is 1. The summed E-state index contributed by atoms with van der Waals surface area (Å²) in [6, 6.07) is 17.7. The molecule has 0 spiro atoms. The molecule has 0 radical (unpaired) electrons. The first-order valence-corrected chi connectivity index (χ1v) is 12.4. The van der Waals surface area contributed by atoms with Crippen molar-refractivity contribution in [2.45, 2.75) is 58.1 Å². The van der Waals surface area contributed by atoms with E-state index < -0.39 is 23.7 Å². The van der Waals surface area contributed by atoms with Crippen molar-refractivity contribution in [2.24, 2.45) is 0 Å². The van der Waals surface area contributed by atoms with E-state index >= 15 is 0 Å². The third kappa shape index (κ3) is 5.76. The Labute approximate surface area is 213 Å². The number of rotatable bonds is 7. The van der Waals surface area contributed by atoms with Crippen LogP contribution in [0.2, 0.25) is 0 Å². The lowest BCUT2D eigenvalue weighted by molar-refractivity contribution is -0.160. The van der Waals surface area contributed by atoms with Crippen molar-refractivity contribution in [3.63, 3.8) is 0 Å². The lowest BCUT2D eigenvalue weighted by atomic mass is 9.98. The first-order valence-electron chi connectivity index (χ1n) is 12.4. The first-order chi connectivity index (χ1) is 17.1. The summed E-state index contributed by atoms with van der Waals surface area (Å²) < 4.78 is 11.5. The molecule has 1 atom stereocenters. The monoisotopic (exact) mass is 486 g/mol. The fourth-order valence-electron chi connectivity index (χ4n) is 4.72. The van der Waals surface area contributed by atoms with Gasteiger partial charge in [0.15, 0.2) is 0 Å². The highest BCUT2D eigenvalue weighted by Gasteiger charge is 2.34. The van der Waals surface area contributed by atoms with Gasteiger partial charge in [0.25, 0.3) is 0 Å². The summed E-state index contributed by atoms with van der Waals surface area (Å²) >= 11 is 0. The maximum absolute atomic E-state index is 13.2. The van der Waals surface area contributed by atoms with E-state index in [1.165, 1.54) is 16.0 Å². The van der Waals surface area contributed by atoms with E-state index in [0.29, 0.717) is 12.8 Å². The lowest BCUT2D eigenvalue weighted by Crippen LogP contribution is -2.46. The molecule has 4 rings (SSSR count). The van der Waals surface area contributed by atoms with Gasteiger partial charge in [-0.2, -0.15) is 0 Å². The predicted molar refractivity (Wildman–Crippen MR) is 140 cm³/mol. The molecule has 1 amide bonds. The molecular formula is C30H34N2O4. The molecule has 0 N–H and O–H groups in total. The summed E-state index contributed by atoms with van der Waals surface area (Å²) in [5.74, 6) is -0.493. The number of likely N-dealkylation sites (N-methyl/N-ethyl adjacent to an activating group) is 1. The van der Waals surface area contributed by atoms with E-state index in [-0.39, 0.29) is 12.5 Å². The van der Waals surface area contributed by atoms with E-state index in [9.17, 15) is 9.59 Å². The number of carbonyl (C=O) groups is 2. The number of hydrogen-bond acceptors (Lipinski definition) is 5. The maximum atomic E-state index is 13.2. The number of aryl methyl sites for hydroxylation is 2. The highest BCUT2D eigenvalue weighted by Crippen LogP contribution is 2.44. The summed E-state index contributed by atoms with van der Waals surface area (Å²) in [7, 11) is 1.60. The zero-order chi connectivity index (χ0) is 25.9. The predicted octanol–water partition coefficient (Wildman–Crippen LogP) is 5.91. The zero-order valence-electron chi connectivity index (χ0n) is 21.7. The Balaban J connectivity index is 1.48. The second kappa shape index (κ2) is 10.5. The standard InChI is InChI=1S/C30H34N2O4/c1-20-16-21(18-31-17-20)14-15-27(28(33)36-30(2,3)4)32(5)29(34)35-19-26-24-12-8-6-10-22(24)23-11-7-9-13-25(23)26/h6-13,16-18,26-27H,14-15,19H2,1-5H3. The normalized spacial score (nSPS) is 13.5. The smallest absolute Gasteiger partial charge is 0.410 e. The van der Waals surface area contributed by atoms with Gasteiger partial charge in [0.05, 0.1) is 0 Å². The van der Waals surface area contributed by atoms with Crippen LogP contribution in [0.3, 0.4) is 0 Å². The Hall–Kier alpha value is -3.67. The van der Waals surface area contributed by atoms with Crippen LogP contribution in [0.5, 0.6) is 0 Å². The minimum Gasteiger partial charge on any atom is -0.458 e. The Morgan fingerprint density at radius 2 is 1.61 bits per heavy atom. The van der Waals surface area contributed by atoms with Crippen LogP contribution in [0.25, 0.3) is 11.1 Å². The van der Waals surface area contributed by atoms with Gasteiger partial charge >= 0.3 is 12.1 Å². The molecule has 6 heteroatoms.